The minimum Gasteiger partial charge on any atom is -0.489 e. The van der Waals surface area contributed by atoms with Crippen LogP contribution in [-0.2, 0) is 11.3 Å². The molecule has 186 valence electrons. The Balaban J connectivity index is 1.19. The highest BCUT2D eigenvalue weighted by Crippen LogP contribution is 2.32. The molecule has 2 aromatic carbocycles. The van der Waals surface area contributed by atoms with Crippen molar-refractivity contribution in [2.45, 2.75) is 36.2 Å². The summed E-state index contributed by atoms with van der Waals surface area (Å²) < 4.78 is 12.8. The van der Waals surface area contributed by atoms with E-state index in [1.165, 1.54) is 22.8 Å². The molecule has 36 heavy (non-hydrogen) atoms. The smallest absolute Gasteiger partial charge is 0.181 e. The van der Waals surface area contributed by atoms with Crippen LogP contribution in [0.25, 0.3) is 17.1 Å². The van der Waals surface area contributed by atoms with Gasteiger partial charge < -0.3 is 24.8 Å². The average molecular weight is 507 g/mol. The van der Waals surface area contributed by atoms with Crippen molar-refractivity contribution >= 4 is 28.9 Å². The van der Waals surface area contributed by atoms with Crippen LogP contribution in [0.4, 0.5) is 0 Å². The molecule has 4 atom stereocenters. The number of aromatic nitrogens is 4. The van der Waals surface area contributed by atoms with Crippen molar-refractivity contribution in [3.8, 4) is 5.75 Å². The van der Waals surface area contributed by atoms with Crippen LogP contribution in [-0.4, -0.2) is 65.7 Å². The van der Waals surface area contributed by atoms with Gasteiger partial charge in [-0.1, -0.05) is 54.6 Å². The fourth-order valence-electron chi connectivity index (χ4n) is 3.95. The van der Waals surface area contributed by atoms with E-state index in [-0.39, 0.29) is 0 Å². The predicted octanol–water partition coefficient (Wildman–Crippen LogP) is 2.82. The quantitative estimate of drug-likeness (QED) is 0.232. The Hall–Kier alpha value is -3.28. The van der Waals surface area contributed by atoms with Crippen molar-refractivity contribution in [2.24, 2.45) is 0 Å². The Labute approximate surface area is 212 Å². The lowest BCUT2D eigenvalue weighted by Crippen LogP contribution is -2.33. The Kier molecular flexibility index (Phi) is 7.59. The molecule has 2 aromatic heterocycles. The molecule has 1 aliphatic rings. The molecular formula is C26H26N4O5S. The van der Waals surface area contributed by atoms with Crippen molar-refractivity contribution in [2.75, 3.05) is 12.4 Å². The molecule has 5 rings (SSSR count). The summed E-state index contributed by atoms with van der Waals surface area (Å²) in [7, 11) is 0. The molecule has 9 nitrogen and oxygen atoms in total. The molecule has 1 saturated heterocycles. The molecule has 10 heteroatoms. The molecule has 0 spiro atoms. The second kappa shape index (κ2) is 11.2. The third-order valence-electron chi connectivity index (χ3n) is 5.87. The third kappa shape index (κ3) is 5.28. The highest BCUT2D eigenvalue weighted by molar-refractivity contribution is 7.99. The zero-order valence-electron chi connectivity index (χ0n) is 19.3. The van der Waals surface area contributed by atoms with Crippen molar-refractivity contribution in [3.05, 3.63) is 84.3 Å². The van der Waals surface area contributed by atoms with E-state index in [1.54, 1.807) is 6.20 Å². The fraction of sp³-hybridized carbons (Fsp3) is 0.269. The third-order valence-corrected chi connectivity index (χ3v) is 6.83. The van der Waals surface area contributed by atoms with Gasteiger partial charge in [-0.15, -0.1) is 11.8 Å². The van der Waals surface area contributed by atoms with E-state index in [9.17, 15) is 15.3 Å². The van der Waals surface area contributed by atoms with Gasteiger partial charge in [0.25, 0.3) is 0 Å². The van der Waals surface area contributed by atoms with Crippen molar-refractivity contribution < 1.29 is 24.8 Å². The summed E-state index contributed by atoms with van der Waals surface area (Å²) in [6.07, 6.45) is 2.88. The predicted molar refractivity (Wildman–Crippen MR) is 135 cm³/mol. The zero-order valence-corrected chi connectivity index (χ0v) is 20.1. The van der Waals surface area contributed by atoms with Gasteiger partial charge in [-0.05, 0) is 23.3 Å². The van der Waals surface area contributed by atoms with E-state index in [1.807, 2.05) is 60.7 Å². The Morgan fingerprint density at radius 2 is 1.83 bits per heavy atom. The molecule has 0 saturated carbocycles. The van der Waals surface area contributed by atoms with Crippen molar-refractivity contribution in [3.63, 3.8) is 0 Å². The molecule has 1 fully saturated rings. The van der Waals surface area contributed by atoms with Gasteiger partial charge in [0.2, 0.25) is 0 Å². The number of rotatable bonds is 9. The van der Waals surface area contributed by atoms with Crippen LogP contribution < -0.4 is 4.74 Å². The maximum atomic E-state index is 10.3. The number of aliphatic hydroxyl groups excluding tert-OH is 3. The van der Waals surface area contributed by atoms with E-state index in [0.29, 0.717) is 23.4 Å². The number of aliphatic hydroxyl groups is 3. The number of benzene rings is 2. The summed E-state index contributed by atoms with van der Waals surface area (Å²) in [6, 6.07) is 18.0. The Bertz CT molecular complexity index is 1320. The lowest BCUT2D eigenvalue weighted by molar-refractivity contribution is -0.0566. The number of fused-ring (bicyclic) bond motifs is 1. The van der Waals surface area contributed by atoms with E-state index in [4.69, 9.17) is 9.47 Å². The molecular weight excluding hydrogens is 480 g/mol. The lowest BCUT2D eigenvalue weighted by atomic mass is 10.1. The monoisotopic (exact) mass is 506 g/mol. The first-order chi connectivity index (χ1) is 17.6. The van der Waals surface area contributed by atoms with Gasteiger partial charge in [0.15, 0.2) is 11.9 Å². The second-order valence-corrected chi connectivity index (χ2v) is 9.30. The van der Waals surface area contributed by atoms with E-state index in [0.717, 1.165) is 21.9 Å². The minimum absolute atomic E-state index is 0.403. The van der Waals surface area contributed by atoms with E-state index in [2.05, 4.69) is 21.1 Å². The van der Waals surface area contributed by atoms with Crippen LogP contribution in [0.15, 0.2) is 78.2 Å². The Morgan fingerprint density at radius 1 is 1.03 bits per heavy atom. The highest BCUT2D eigenvalue weighted by Gasteiger charge is 2.44. The highest BCUT2D eigenvalue weighted by atomic mass is 32.2. The molecule has 4 aromatic rings. The first-order valence-electron chi connectivity index (χ1n) is 11.5. The minimum atomic E-state index is -1.23. The Morgan fingerprint density at radius 3 is 2.58 bits per heavy atom. The zero-order chi connectivity index (χ0) is 24.9. The van der Waals surface area contributed by atoms with Gasteiger partial charge in [-0.3, -0.25) is 0 Å². The summed E-state index contributed by atoms with van der Waals surface area (Å²) in [5.41, 5.74) is 2.67. The molecule has 0 bridgehead atoms. The van der Waals surface area contributed by atoms with Gasteiger partial charge in [0, 0.05) is 5.75 Å². The summed E-state index contributed by atoms with van der Waals surface area (Å²) in [5, 5.41) is 35.5. The van der Waals surface area contributed by atoms with E-state index < -0.39 is 31.1 Å². The number of thioether (sulfide) groups is 1. The molecule has 3 heterocycles. The van der Waals surface area contributed by atoms with Gasteiger partial charge in [0.1, 0.15) is 42.0 Å². The number of hydrogen-bond donors (Lipinski definition) is 3. The maximum Gasteiger partial charge on any atom is 0.181 e. The lowest BCUT2D eigenvalue weighted by Gasteiger charge is -2.15. The summed E-state index contributed by atoms with van der Waals surface area (Å²) in [6.45, 7) is 0.130. The molecule has 0 amide bonds. The number of nitrogens with zero attached hydrogens (tertiary/aromatic N) is 4. The van der Waals surface area contributed by atoms with Crippen LogP contribution in [0.2, 0.25) is 0 Å². The van der Waals surface area contributed by atoms with Crippen LogP contribution in [0, 0.1) is 0 Å². The number of ether oxygens (including phenoxy) is 2. The van der Waals surface area contributed by atoms with Gasteiger partial charge >= 0.3 is 0 Å². The molecule has 0 radical (unpaired) electrons. The van der Waals surface area contributed by atoms with Crippen LogP contribution in [0.5, 0.6) is 5.75 Å². The van der Waals surface area contributed by atoms with E-state index >= 15 is 0 Å². The summed E-state index contributed by atoms with van der Waals surface area (Å²) >= 11 is 1.53. The van der Waals surface area contributed by atoms with Gasteiger partial charge in [-0.2, -0.15) is 5.10 Å². The molecule has 1 unspecified atom stereocenters. The number of hydrogen-bond acceptors (Lipinski definition) is 9. The van der Waals surface area contributed by atoms with Gasteiger partial charge in [-0.25, -0.2) is 14.6 Å². The molecule has 3 N–H and O–H groups in total. The average Bonchev–Trinajstić information content (AvgIpc) is 3.47. The van der Waals surface area contributed by atoms with Crippen LogP contribution in [0.1, 0.15) is 17.4 Å². The fourth-order valence-corrected chi connectivity index (χ4v) is 4.72. The normalized spacial score (nSPS) is 22.0. The maximum absolute atomic E-state index is 10.3. The van der Waals surface area contributed by atoms with Crippen LogP contribution in [0.3, 0.4) is 0 Å². The first kappa shape index (κ1) is 24.4. The largest absolute Gasteiger partial charge is 0.489 e. The van der Waals surface area contributed by atoms with Crippen molar-refractivity contribution in [1.29, 1.82) is 0 Å². The summed E-state index contributed by atoms with van der Waals surface area (Å²) in [5.74, 6) is 1.50. The summed E-state index contributed by atoms with van der Waals surface area (Å²) in [4.78, 5) is 8.66. The molecule has 1 aliphatic heterocycles. The van der Waals surface area contributed by atoms with Crippen LogP contribution >= 0.6 is 11.8 Å². The molecule has 0 aliphatic carbocycles. The standard InChI is InChI=1S/C26H26N4O5S/c31-14-21-22(32)23(33)26(35-21)30-24-20(13-29-30)25(28-16-27-24)36-12-4-7-17-8-10-19(11-9-17)34-15-18-5-2-1-3-6-18/h1-11,13,16,21-23,26,31-33H,12,14-15H2/b7-4+/t21-,22-,23-,26?/m1/s1. The SMILES string of the molecule is OC[C@H]1OC(n2ncc3c(SC/C=C/c4ccc(OCc5ccccc5)cc4)ncnc32)[C@H](O)[C@@H]1O. The van der Waals surface area contributed by atoms with Crippen molar-refractivity contribution in [1.82, 2.24) is 19.7 Å². The topological polar surface area (TPSA) is 123 Å². The second-order valence-electron chi connectivity index (χ2n) is 8.29. The first-order valence-corrected chi connectivity index (χ1v) is 12.5. The van der Waals surface area contributed by atoms with Gasteiger partial charge in [0.05, 0.1) is 18.2 Å².